The van der Waals surface area contributed by atoms with E-state index in [1.807, 2.05) is 0 Å². The second-order valence-corrected chi connectivity index (χ2v) is 4.57. The first kappa shape index (κ1) is 13.0. The average molecular weight is 251 g/mol. The number of nitrogens with one attached hydrogen (secondary N) is 1. The van der Waals surface area contributed by atoms with Gasteiger partial charge in [0.05, 0.1) is 6.61 Å². The molecule has 0 bridgehead atoms. The predicted octanol–water partition coefficient (Wildman–Crippen LogP) is 0.676. The summed E-state index contributed by atoms with van der Waals surface area (Å²) in [5.41, 5.74) is 3.68. The first-order valence-corrected chi connectivity index (χ1v) is 6.49. The van der Waals surface area contributed by atoms with Crippen LogP contribution in [0, 0.1) is 0 Å². The molecule has 1 fully saturated rings. The number of nitrogens with zero attached hydrogens (tertiary/aromatic N) is 3. The Kier molecular flexibility index (Phi) is 4.33. The van der Waals surface area contributed by atoms with Crippen molar-refractivity contribution >= 4 is 11.6 Å². The topological polar surface area (TPSA) is 87.3 Å². The van der Waals surface area contributed by atoms with Crippen LogP contribution >= 0.6 is 0 Å². The monoisotopic (exact) mass is 251 g/mol. The van der Waals surface area contributed by atoms with Gasteiger partial charge in [-0.1, -0.05) is 13.3 Å². The predicted molar refractivity (Wildman–Crippen MR) is 71.3 cm³/mol. The Morgan fingerprint density at radius 1 is 1.50 bits per heavy atom. The number of aliphatic hydroxyl groups is 1. The minimum Gasteiger partial charge on any atom is -0.395 e. The molecule has 0 saturated heterocycles. The van der Waals surface area contributed by atoms with E-state index in [9.17, 15) is 5.11 Å². The third-order valence-electron chi connectivity index (χ3n) is 3.16. The molecular weight excluding hydrogens is 230 g/mol. The fourth-order valence-electron chi connectivity index (χ4n) is 2.21. The van der Waals surface area contributed by atoms with Crippen LogP contribution in [0.1, 0.15) is 31.7 Å². The van der Waals surface area contributed by atoms with E-state index in [1.165, 1.54) is 19.2 Å². The van der Waals surface area contributed by atoms with Gasteiger partial charge in [0.2, 0.25) is 0 Å². The lowest BCUT2D eigenvalue weighted by Crippen LogP contribution is -2.31. The van der Waals surface area contributed by atoms with Crippen LogP contribution in [0.2, 0.25) is 0 Å². The number of nitrogens with two attached hydrogens (primary N) is 1. The van der Waals surface area contributed by atoms with Crippen LogP contribution in [0.15, 0.2) is 6.33 Å². The maximum absolute atomic E-state index is 9.20. The standard InChI is InChI=1S/C12H21N5O/c1-2-3-10-11(16-13)14-8-15-12(10)17(6-7-18)9-4-5-9/h8-9,18H,2-7,13H2,1H3,(H,14,15,16). The third-order valence-corrected chi connectivity index (χ3v) is 3.16. The molecule has 1 aliphatic carbocycles. The summed E-state index contributed by atoms with van der Waals surface area (Å²) >= 11 is 0. The van der Waals surface area contributed by atoms with Crippen molar-refractivity contribution in [3.8, 4) is 0 Å². The lowest BCUT2D eigenvalue weighted by atomic mass is 10.1. The molecule has 100 valence electrons. The van der Waals surface area contributed by atoms with E-state index < -0.39 is 0 Å². The zero-order valence-corrected chi connectivity index (χ0v) is 10.8. The third kappa shape index (κ3) is 2.70. The zero-order chi connectivity index (χ0) is 13.0. The summed E-state index contributed by atoms with van der Waals surface area (Å²) in [6, 6.07) is 0.508. The van der Waals surface area contributed by atoms with Gasteiger partial charge in [0.15, 0.2) is 0 Å². The van der Waals surface area contributed by atoms with Crippen LogP contribution in [-0.2, 0) is 6.42 Å². The SMILES string of the molecule is CCCc1c(NN)ncnc1N(CCO)C1CC1. The van der Waals surface area contributed by atoms with Crippen molar-refractivity contribution in [2.75, 3.05) is 23.5 Å². The Morgan fingerprint density at radius 2 is 2.28 bits per heavy atom. The molecule has 0 unspecified atom stereocenters. The second kappa shape index (κ2) is 5.97. The fraction of sp³-hybridized carbons (Fsp3) is 0.667. The van der Waals surface area contributed by atoms with Gasteiger partial charge in [-0.05, 0) is 19.3 Å². The highest BCUT2D eigenvalue weighted by Gasteiger charge is 2.31. The summed E-state index contributed by atoms with van der Waals surface area (Å²) in [5.74, 6) is 7.11. The van der Waals surface area contributed by atoms with Crippen molar-refractivity contribution in [2.45, 2.75) is 38.6 Å². The van der Waals surface area contributed by atoms with E-state index >= 15 is 0 Å². The molecular formula is C12H21N5O. The van der Waals surface area contributed by atoms with Gasteiger partial charge < -0.3 is 15.4 Å². The molecule has 4 N–H and O–H groups in total. The van der Waals surface area contributed by atoms with Crippen LogP contribution in [0.5, 0.6) is 0 Å². The molecule has 1 aromatic rings. The molecule has 1 aromatic heterocycles. The van der Waals surface area contributed by atoms with Gasteiger partial charge >= 0.3 is 0 Å². The van der Waals surface area contributed by atoms with Crippen molar-refractivity contribution < 1.29 is 5.11 Å². The Labute approximate surface area is 107 Å². The number of hydrogen-bond acceptors (Lipinski definition) is 6. The van der Waals surface area contributed by atoms with Crippen molar-refractivity contribution in [2.24, 2.45) is 5.84 Å². The quantitative estimate of drug-likeness (QED) is 0.488. The Morgan fingerprint density at radius 3 is 2.83 bits per heavy atom. The Hall–Kier alpha value is -1.40. The summed E-state index contributed by atoms with van der Waals surface area (Å²) in [7, 11) is 0. The number of rotatable bonds is 7. The lowest BCUT2D eigenvalue weighted by molar-refractivity contribution is 0.301. The van der Waals surface area contributed by atoms with Gasteiger partial charge in [0.1, 0.15) is 18.0 Å². The summed E-state index contributed by atoms with van der Waals surface area (Å²) in [5, 5.41) is 9.20. The molecule has 0 radical (unpaired) electrons. The van der Waals surface area contributed by atoms with E-state index in [-0.39, 0.29) is 6.61 Å². The summed E-state index contributed by atoms with van der Waals surface area (Å²) in [6.07, 6.45) is 5.75. The summed E-state index contributed by atoms with van der Waals surface area (Å²) in [4.78, 5) is 10.7. The van der Waals surface area contributed by atoms with Gasteiger partial charge in [0, 0.05) is 18.2 Å². The number of aromatic nitrogens is 2. The van der Waals surface area contributed by atoms with Gasteiger partial charge in [-0.25, -0.2) is 15.8 Å². The first-order valence-electron chi connectivity index (χ1n) is 6.49. The molecule has 1 saturated carbocycles. The van der Waals surface area contributed by atoms with Crippen LogP contribution in [0.25, 0.3) is 0 Å². The van der Waals surface area contributed by atoms with Crippen LogP contribution in [0.4, 0.5) is 11.6 Å². The molecule has 18 heavy (non-hydrogen) atoms. The van der Waals surface area contributed by atoms with Crippen LogP contribution in [-0.4, -0.2) is 34.3 Å². The zero-order valence-electron chi connectivity index (χ0n) is 10.8. The Balaban J connectivity index is 2.33. The minimum atomic E-state index is 0.136. The first-order chi connectivity index (χ1) is 8.81. The van der Waals surface area contributed by atoms with E-state index in [0.29, 0.717) is 18.4 Å². The van der Waals surface area contributed by atoms with E-state index in [4.69, 9.17) is 5.84 Å². The fourth-order valence-corrected chi connectivity index (χ4v) is 2.21. The average Bonchev–Trinajstić information content (AvgIpc) is 3.21. The van der Waals surface area contributed by atoms with Crippen molar-refractivity contribution in [3.05, 3.63) is 11.9 Å². The van der Waals surface area contributed by atoms with Crippen molar-refractivity contribution in [1.82, 2.24) is 9.97 Å². The Bertz CT molecular complexity index is 394. The molecule has 0 aromatic carbocycles. The molecule has 1 heterocycles. The highest BCUT2D eigenvalue weighted by molar-refractivity contribution is 5.59. The highest BCUT2D eigenvalue weighted by Crippen LogP contribution is 2.34. The molecule has 6 nitrogen and oxygen atoms in total. The molecule has 0 spiro atoms. The van der Waals surface area contributed by atoms with Gasteiger partial charge in [0.25, 0.3) is 0 Å². The van der Waals surface area contributed by atoms with E-state index in [2.05, 4.69) is 27.2 Å². The number of nitrogen functional groups attached to an aromatic ring is 1. The molecule has 0 aliphatic heterocycles. The van der Waals surface area contributed by atoms with Gasteiger partial charge in [-0.15, -0.1) is 0 Å². The summed E-state index contributed by atoms with van der Waals surface area (Å²) in [6.45, 7) is 2.87. The molecule has 0 atom stereocenters. The largest absolute Gasteiger partial charge is 0.395 e. The van der Waals surface area contributed by atoms with Crippen LogP contribution < -0.4 is 16.2 Å². The normalized spacial score (nSPS) is 14.6. The molecule has 6 heteroatoms. The van der Waals surface area contributed by atoms with Gasteiger partial charge in [-0.3, -0.25) is 0 Å². The smallest absolute Gasteiger partial charge is 0.148 e. The molecule has 1 aliphatic rings. The maximum Gasteiger partial charge on any atom is 0.148 e. The van der Waals surface area contributed by atoms with Crippen LogP contribution in [0.3, 0.4) is 0 Å². The van der Waals surface area contributed by atoms with Gasteiger partial charge in [-0.2, -0.15) is 0 Å². The van der Waals surface area contributed by atoms with Crippen molar-refractivity contribution in [1.29, 1.82) is 0 Å². The number of anilines is 2. The maximum atomic E-state index is 9.20. The van der Waals surface area contributed by atoms with E-state index in [1.54, 1.807) is 0 Å². The number of aliphatic hydroxyl groups excluding tert-OH is 1. The van der Waals surface area contributed by atoms with E-state index in [0.717, 1.165) is 24.2 Å². The van der Waals surface area contributed by atoms with Crippen molar-refractivity contribution in [3.63, 3.8) is 0 Å². The summed E-state index contributed by atoms with van der Waals surface area (Å²) < 4.78 is 0. The minimum absolute atomic E-state index is 0.136. The number of hydrazine groups is 1. The molecule has 0 amide bonds. The highest BCUT2D eigenvalue weighted by atomic mass is 16.3. The second-order valence-electron chi connectivity index (χ2n) is 4.57. The number of hydrogen-bond donors (Lipinski definition) is 3. The lowest BCUT2D eigenvalue weighted by Gasteiger charge is -2.25. The molecule has 2 rings (SSSR count).